The van der Waals surface area contributed by atoms with Crippen molar-refractivity contribution in [2.24, 2.45) is 0 Å². The van der Waals surface area contributed by atoms with E-state index in [2.05, 4.69) is 11.9 Å². The third kappa shape index (κ3) is 4.17. The Labute approximate surface area is 172 Å². The van der Waals surface area contributed by atoms with Crippen molar-refractivity contribution in [1.82, 2.24) is 5.32 Å². The summed E-state index contributed by atoms with van der Waals surface area (Å²) in [6.07, 6.45) is 2.98. The highest BCUT2D eigenvalue weighted by Gasteiger charge is 2.35. The first-order chi connectivity index (χ1) is 14.0. The number of rotatable bonds is 6. The van der Waals surface area contributed by atoms with Gasteiger partial charge in [0.05, 0.1) is 12.8 Å². The smallest absolute Gasteiger partial charge is 0.270 e. The molecule has 1 aliphatic rings. The molecule has 1 N–H and O–H groups in total. The fourth-order valence-electron chi connectivity index (χ4n) is 2.72. The fourth-order valence-corrected chi connectivity index (χ4v) is 2.99. The van der Waals surface area contributed by atoms with E-state index in [-0.39, 0.29) is 16.4 Å². The van der Waals surface area contributed by atoms with Crippen molar-refractivity contribution in [2.75, 3.05) is 18.6 Å². The molecule has 148 valence electrons. The third-order valence-electron chi connectivity index (χ3n) is 4.05. The molecule has 2 aromatic carbocycles. The largest absolute Gasteiger partial charge is 0.493 e. The molecule has 6 nitrogen and oxygen atoms in total. The van der Waals surface area contributed by atoms with E-state index in [1.165, 1.54) is 31.4 Å². The average molecular weight is 412 g/mol. The standard InChI is InChI=1S/C21H17FN2O4S/c1-3-10-28-17-9-8-13(12-18(17)27-2)11-14-19(25)23-21(29)24(20(14)26)16-7-5-4-6-15(16)22/h3-9,11-12H,1,10H2,2H3,(H,23,25,29)/b14-11+. The molecule has 0 saturated carbocycles. The highest BCUT2D eigenvalue weighted by Crippen LogP contribution is 2.30. The number of nitrogens with one attached hydrogen (secondary N) is 1. The van der Waals surface area contributed by atoms with E-state index in [0.717, 1.165) is 4.90 Å². The Bertz CT molecular complexity index is 1040. The lowest BCUT2D eigenvalue weighted by molar-refractivity contribution is -0.122. The van der Waals surface area contributed by atoms with Crippen LogP contribution in [0.3, 0.4) is 0 Å². The van der Waals surface area contributed by atoms with Crippen LogP contribution in [0, 0.1) is 5.82 Å². The summed E-state index contributed by atoms with van der Waals surface area (Å²) < 4.78 is 25.0. The van der Waals surface area contributed by atoms with Gasteiger partial charge in [0.1, 0.15) is 18.0 Å². The van der Waals surface area contributed by atoms with E-state index < -0.39 is 17.6 Å². The van der Waals surface area contributed by atoms with Gasteiger partial charge in [-0.15, -0.1) is 0 Å². The lowest BCUT2D eigenvalue weighted by atomic mass is 10.1. The third-order valence-corrected chi connectivity index (χ3v) is 4.34. The molecule has 3 rings (SSSR count). The molecule has 2 amide bonds. The van der Waals surface area contributed by atoms with E-state index in [1.807, 2.05) is 0 Å². The number of thiocarbonyl (C=S) groups is 1. The SMILES string of the molecule is C=CCOc1ccc(/C=C2\C(=O)NC(=S)N(c3ccccc3F)C2=O)cc1OC. The Hall–Kier alpha value is -3.52. The van der Waals surface area contributed by atoms with Crippen molar-refractivity contribution < 1.29 is 23.5 Å². The molecule has 1 heterocycles. The highest BCUT2D eigenvalue weighted by atomic mass is 32.1. The van der Waals surface area contributed by atoms with Gasteiger partial charge in [0, 0.05) is 0 Å². The molecular weight excluding hydrogens is 395 g/mol. The number of halogens is 1. The Morgan fingerprint density at radius 3 is 2.66 bits per heavy atom. The number of carbonyl (C=O) groups is 2. The second-order valence-corrected chi connectivity index (χ2v) is 6.31. The number of para-hydroxylation sites is 1. The zero-order valence-corrected chi connectivity index (χ0v) is 16.3. The molecule has 0 unspecified atom stereocenters. The predicted molar refractivity (Wildman–Crippen MR) is 111 cm³/mol. The zero-order valence-electron chi connectivity index (χ0n) is 15.5. The van der Waals surface area contributed by atoms with Crippen LogP contribution in [0.4, 0.5) is 10.1 Å². The summed E-state index contributed by atoms with van der Waals surface area (Å²) in [5.74, 6) is -1.12. The molecule has 2 aromatic rings. The van der Waals surface area contributed by atoms with Gasteiger partial charge in [-0.3, -0.25) is 14.9 Å². The molecule has 0 bridgehead atoms. The summed E-state index contributed by atoms with van der Waals surface area (Å²) in [6.45, 7) is 3.89. The zero-order chi connectivity index (χ0) is 21.0. The second-order valence-electron chi connectivity index (χ2n) is 5.92. The number of hydrogen-bond acceptors (Lipinski definition) is 5. The van der Waals surface area contributed by atoms with Gasteiger partial charge in [-0.1, -0.05) is 30.9 Å². The maximum atomic E-state index is 14.2. The van der Waals surface area contributed by atoms with Crippen LogP contribution < -0.4 is 19.7 Å². The number of amides is 2. The number of hydrogen-bond donors (Lipinski definition) is 1. The van der Waals surface area contributed by atoms with Crippen molar-refractivity contribution in [3.8, 4) is 11.5 Å². The molecule has 0 radical (unpaired) electrons. The molecule has 0 atom stereocenters. The number of ether oxygens (including phenoxy) is 2. The molecule has 1 saturated heterocycles. The Balaban J connectivity index is 1.98. The number of carbonyl (C=O) groups excluding carboxylic acids is 2. The molecule has 29 heavy (non-hydrogen) atoms. The first kappa shape index (κ1) is 20.2. The topological polar surface area (TPSA) is 67.9 Å². The second kappa shape index (κ2) is 8.66. The van der Waals surface area contributed by atoms with Crippen LogP contribution in [-0.4, -0.2) is 30.6 Å². The van der Waals surface area contributed by atoms with Gasteiger partial charge in [0.25, 0.3) is 11.8 Å². The molecule has 0 aliphatic carbocycles. The Morgan fingerprint density at radius 1 is 1.21 bits per heavy atom. The van der Waals surface area contributed by atoms with Crippen LogP contribution in [0.5, 0.6) is 11.5 Å². The Kier molecular flexibility index (Phi) is 6.04. The van der Waals surface area contributed by atoms with Gasteiger partial charge in [-0.25, -0.2) is 9.29 Å². The van der Waals surface area contributed by atoms with Crippen LogP contribution in [0.1, 0.15) is 5.56 Å². The van der Waals surface area contributed by atoms with Gasteiger partial charge in [-0.2, -0.15) is 0 Å². The fraction of sp³-hybridized carbons (Fsp3) is 0.0952. The van der Waals surface area contributed by atoms with Gasteiger partial charge in [0.2, 0.25) is 0 Å². The van der Waals surface area contributed by atoms with Crippen molar-refractivity contribution in [1.29, 1.82) is 0 Å². The van der Waals surface area contributed by atoms with Gasteiger partial charge < -0.3 is 9.47 Å². The minimum atomic E-state index is -0.727. The van der Waals surface area contributed by atoms with Gasteiger partial charge >= 0.3 is 0 Å². The van der Waals surface area contributed by atoms with Crippen LogP contribution in [0.25, 0.3) is 6.08 Å². The molecule has 8 heteroatoms. The molecule has 0 aromatic heterocycles. The van der Waals surface area contributed by atoms with Gasteiger partial charge in [0.15, 0.2) is 16.6 Å². The summed E-state index contributed by atoms with van der Waals surface area (Å²) >= 11 is 5.07. The quantitative estimate of drug-likeness (QED) is 0.342. The van der Waals surface area contributed by atoms with Crippen LogP contribution in [0.2, 0.25) is 0 Å². The summed E-state index contributed by atoms with van der Waals surface area (Å²) in [4.78, 5) is 26.3. The lowest BCUT2D eigenvalue weighted by Gasteiger charge is -2.29. The van der Waals surface area contributed by atoms with E-state index in [9.17, 15) is 14.0 Å². The normalized spacial score (nSPS) is 15.3. The van der Waals surface area contributed by atoms with Crippen molar-refractivity contribution in [3.05, 3.63) is 72.1 Å². The van der Waals surface area contributed by atoms with Crippen molar-refractivity contribution >= 4 is 40.9 Å². The predicted octanol–water partition coefficient (Wildman–Crippen LogP) is 3.23. The average Bonchev–Trinajstić information content (AvgIpc) is 2.71. The number of methoxy groups -OCH3 is 1. The Morgan fingerprint density at radius 2 is 1.97 bits per heavy atom. The molecule has 1 aliphatic heterocycles. The molecule has 0 spiro atoms. The molecule has 1 fully saturated rings. The minimum Gasteiger partial charge on any atom is -0.493 e. The monoisotopic (exact) mass is 412 g/mol. The van der Waals surface area contributed by atoms with E-state index in [0.29, 0.717) is 23.7 Å². The van der Waals surface area contributed by atoms with Crippen molar-refractivity contribution in [2.45, 2.75) is 0 Å². The van der Waals surface area contributed by atoms with Crippen molar-refractivity contribution in [3.63, 3.8) is 0 Å². The number of benzene rings is 2. The van der Waals surface area contributed by atoms with Crippen LogP contribution in [-0.2, 0) is 9.59 Å². The number of anilines is 1. The maximum absolute atomic E-state index is 14.2. The van der Waals surface area contributed by atoms with Crippen LogP contribution in [0.15, 0.2) is 60.7 Å². The lowest BCUT2D eigenvalue weighted by Crippen LogP contribution is -2.54. The van der Waals surface area contributed by atoms with Crippen LogP contribution >= 0.6 is 12.2 Å². The first-order valence-electron chi connectivity index (χ1n) is 8.54. The van der Waals surface area contributed by atoms with E-state index in [4.69, 9.17) is 21.7 Å². The van der Waals surface area contributed by atoms with Gasteiger partial charge in [-0.05, 0) is 48.1 Å². The summed E-state index contributed by atoms with van der Waals surface area (Å²) in [7, 11) is 1.48. The molecular formula is C21H17FN2O4S. The summed E-state index contributed by atoms with van der Waals surface area (Å²) in [5, 5.41) is 2.23. The first-order valence-corrected chi connectivity index (χ1v) is 8.94. The highest BCUT2D eigenvalue weighted by molar-refractivity contribution is 7.80. The summed E-state index contributed by atoms with van der Waals surface area (Å²) in [6, 6.07) is 10.6. The van der Waals surface area contributed by atoms with E-state index >= 15 is 0 Å². The summed E-state index contributed by atoms with van der Waals surface area (Å²) in [5.41, 5.74) is 0.287. The number of nitrogens with zero attached hydrogens (tertiary/aromatic N) is 1. The maximum Gasteiger partial charge on any atom is 0.270 e. The minimum absolute atomic E-state index is 0.0425. The van der Waals surface area contributed by atoms with E-state index in [1.54, 1.807) is 30.3 Å².